The van der Waals surface area contributed by atoms with Gasteiger partial charge in [-0.3, -0.25) is 13.9 Å². The minimum absolute atomic E-state index is 0.0536. The molecule has 42 heavy (non-hydrogen) atoms. The first-order chi connectivity index (χ1) is 20.0. The van der Waals surface area contributed by atoms with Crippen molar-refractivity contribution in [1.82, 2.24) is 10.2 Å². The molecule has 0 aliphatic heterocycles. The van der Waals surface area contributed by atoms with E-state index in [1.165, 1.54) is 17.0 Å². The lowest BCUT2D eigenvalue weighted by molar-refractivity contribution is -0.140. The monoisotopic (exact) mass is 629 g/mol. The predicted octanol–water partition coefficient (Wildman–Crippen LogP) is 6.67. The Morgan fingerprint density at radius 3 is 2.17 bits per heavy atom. The van der Waals surface area contributed by atoms with Crippen LogP contribution in [0.4, 0.5) is 5.69 Å². The van der Waals surface area contributed by atoms with E-state index in [9.17, 15) is 18.0 Å². The highest BCUT2D eigenvalue weighted by Crippen LogP contribution is 2.30. The van der Waals surface area contributed by atoms with Crippen LogP contribution in [0.2, 0.25) is 10.0 Å². The molecule has 2 amide bonds. The second kappa shape index (κ2) is 13.9. The van der Waals surface area contributed by atoms with E-state index in [4.69, 9.17) is 23.2 Å². The van der Waals surface area contributed by atoms with Gasteiger partial charge >= 0.3 is 0 Å². The minimum atomic E-state index is -4.14. The summed E-state index contributed by atoms with van der Waals surface area (Å²) in [5.41, 5.74) is 2.72. The molecule has 1 N–H and O–H groups in total. The Hall–Kier alpha value is -3.07. The molecule has 1 fully saturated rings. The van der Waals surface area contributed by atoms with Gasteiger partial charge in [-0.2, -0.15) is 0 Å². The number of sulfonamides is 1. The van der Waals surface area contributed by atoms with Gasteiger partial charge in [0.1, 0.15) is 12.6 Å². The first-order valence-corrected chi connectivity index (χ1v) is 16.4. The maximum Gasteiger partial charge on any atom is 0.264 e. The van der Waals surface area contributed by atoms with Crippen LogP contribution in [-0.4, -0.2) is 43.8 Å². The van der Waals surface area contributed by atoms with Gasteiger partial charge in [-0.15, -0.1) is 0 Å². The number of hydrogen-bond donors (Lipinski definition) is 1. The van der Waals surface area contributed by atoms with Crippen molar-refractivity contribution < 1.29 is 18.0 Å². The number of nitrogens with one attached hydrogen (secondary N) is 1. The molecule has 3 aromatic rings. The molecule has 1 aliphatic carbocycles. The van der Waals surface area contributed by atoms with Gasteiger partial charge in [0.25, 0.3) is 10.0 Å². The van der Waals surface area contributed by atoms with Crippen LogP contribution >= 0.6 is 23.2 Å². The number of aryl methyl sites for hydroxylation is 2. The van der Waals surface area contributed by atoms with E-state index in [-0.39, 0.29) is 23.4 Å². The number of carbonyl (C=O) groups is 2. The molecule has 0 saturated heterocycles. The fraction of sp³-hybridized carbons (Fsp3) is 0.375. The largest absolute Gasteiger partial charge is 0.352 e. The molecule has 0 radical (unpaired) electrons. The maximum absolute atomic E-state index is 14.3. The van der Waals surface area contributed by atoms with Crippen LogP contribution in [-0.2, 0) is 26.2 Å². The molecule has 0 bridgehead atoms. The number of hydrogen-bond acceptors (Lipinski definition) is 4. The van der Waals surface area contributed by atoms with Gasteiger partial charge in [0.15, 0.2) is 0 Å². The number of halogens is 2. The predicted molar refractivity (Wildman–Crippen MR) is 168 cm³/mol. The molecule has 1 saturated carbocycles. The molecular formula is C32H37Cl2N3O4S. The summed E-state index contributed by atoms with van der Waals surface area (Å²) in [7, 11) is -4.14. The first kappa shape index (κ1) is 31.9. The molecule has 10 heteroatoms. The van der Waals surface area contributed by atoms with Crippen molar-refractivity contribution >= 4 is 50.7 Å². The number of carbonyl (C=O) groups excluding carboxylic acids is 2. The average Bonchev–Trinajstić information content (AvgIpc) is 3.48. The Bertz CT molecular complexity index is 1510. The second-order valence-electron chi connectivity index (χ2n) is 10.7. The van der Waals surface area contributed by atoms with Crippen LogP contribution in [0.25, 0.3) is 0 Å². The lowest BCUT2D eigenvalue weighted by Gasteiger charge is -2.34. The summed E-state index contributed by atoms with van der Waals surface area (Å²) in [4.78, 5) is 29.3. The van der Waals surface area contributed by atoms with Gasteiger partial charge in [0.2, 0.25) is 11.8 Å². The third kappa shape index (κ3) is 7.28. The fourth-order valence-electron chi connectivity index (χ4n) is 5.27. The number of anilines is 1. The maximum atomic E-state index is 14.3. The number of benzene rings is 3. The summed E-state index contributed by atoms with van der Waals surface area (Å²) in [6.07, 6.45) is 4.19. The normalized spacial score (nSPS) is 14.4. The van der Waals surface area contributed by atoms with Gasteiger partial charge in [-0.05, 0) is 80.6 Å². The summed E-state index contributed by atoms with van der Waals surface area (Å²) in [6, 6.07) is 17.5. The Balaban J connectivity index is 1.76. The van der Waals surface area contributed by atoms with Crippen LogP contribution in [0.5, 0.6) is 0 Å². The third-order valence-electron chi connectivity index (χ3n) is 7.87. The second-order valence-corrected chi connectivity index (χ2v) is 13.4. The first-order valence-electron chi connectivity index (χ1n) is 14.2. The van der Waals surface area contributed by atoms with Gasteiger partial charge < -0.3 is 10.2 Å². The van der Waals surface area contributed by atoms with Crippen LogP contribution in [0.15, 0.2) is 71.6 Å². The average molecular weight is 631 g/mol. The zero-order valence-corrected chi connectivity index (χ0v) is 26.5. The van der Waals surface area contributed by atoms with Gasteiger partial charge in [-0.1, -0.05) is 73.3 Å². The van der Waals surface area contributed by atoms with Crippen molar-refractivity contribution in [2.24, 2.45) is 0 Å². The molecule has 4 rings (SSSR count). The zero-order valence-electron chi connectivity index (χ0n) is 24.1. The third-order valence-corrected chi connectivity index (χ3v) is 10.4. The van der Waals surface area contributed by atoms with Crippen LogP contribution in [0, 0.1) is 13.8 Å². The standard InChI is InChI=1S/C32H37Cl2N3O4S/c1-4-30(32(39)35-24-11-8-9-12-24)36(20-27-28(33)15-10-16-29(27)34)31(38)21-37(25-18-17-22(2)23(3)19-25)42(40,41)26-13-6-5-7-14-26/h5-7,10,13-19,24,30H,4,8-9,11-12,20-21H2,1-3H3,(H,35,39). The highest BCUT2D eigenvalue weighted by atomic mass is 35.5. The summed E-state index contributed by atoms with van der Waals surface area (Å²) in [5.74, 6) is -0.818. The molecule has 0 heterocycles. The molecule has 3 aromatic carbocycles. The zero-order chi connectivity index (χ0) is 30.4. The van der Waals surface area contributed by atoms with Crippen LogP contribution < -0.4 is 9.62 Å². The van der Waals surface area contributed by atoms with Crippen molar-refractivity contribution in [3.8, 4) is 0 Å². The van der Waals surface area contributed by atoms with Gasteiger partial charge in [0, 0.05) is 28.2 Å². The van der Waals surface area contributed by atoms with Gasteiger partial charge in [-0.25, -0.2) is 8.42 Å². The summed E-state index contributed by atoms with van der Waals surface area (Å²) >= 11 is 13.0. The summed E-state index contributed by atoms with van der Waals surface area (Å²) in [6.45, 7) is 5.08. The van der Waals surface area contributed by atoms with Gasteiger partial charge in [0.05, 0.1) is 10.6 Å². The Labute approximate surface area is 258 Å². The van der Waals surface area contributed by atoms with E-state index in [2.05, 4.69) is 5.32 Å². The van der Waals surface area contributed by atoms with E-state index in [0.717, 1.165) is 41.1 Å². The quantitative estimate of drug-likeness (QED) is 0.256. The Morgan fingerprint density at radius 1 is 0.929 bits per heavy atom. The van der Waals surface area contributed by atoms with Crippen molar-refractivity contribution in [2.75, 3.05) is 10.8 Å². The van der Waals surface area contributed by atoms with Crippen LogP contribution in [0.3, 0.4) is 0 Å². The SMILES string of the molecule is CCC(C(=O)NC1CCCC1)N(Cc1c(Cl)cccc1Cl)C(=O)CN(c1ccc(C)c(C)c1)S(=O)(=O)c1ccccc1. The highest BCUT2D eigenvalue weighted by Gasteiger charge is 2.35. The van der Waals surface area contributed by atoms with Crippen molar-refractivity contribution in [3.05, 3.63) is 93.5 Å². The Kier molecular flexibility index (Phi) is 10.6. The number of rotatable bonds is 11. The lowest BCUT2D eigenvalue weighted by Crippen LogP contribution is -2.53. The molecule has 1 atom stereocenters. The number of amides is 2. The minimum Gasteiger partial charge on any atom is -0.352 e. The number of nitrogens with zero attached hydrogens (tertiary/aromatic N) is 2. The van der Waals surface area contributed by atoms with E-state index in [1.54, 1.807) is 48.5 Å². The highest BCUT2D eigenvalue weighted by molar-refractivity contribution is 7.92. The summed E-state index contributed by atoms with van der Waals surface area (Å²) < 4.78 is 29.1. The van der Waals surface area contributed by atoms with E-state index < -0.39 is 28.5 Å². The molecule has 7 nitrogen and oxygen atoms in total. The van der Waals surface area contributed by atoms with Crippen LogP contribution in [0.1, 0.15) is 55.7 Å². The smallest absolute Gasteiger partial charge is 0.264 e. The van der Waals surface area contributed by atoms with Crippen molar-refractivity contribution in [1.29, 1.82) is 0 Å². The van der Waals surface area contributed by atoms with Crippen molar-refractivity contribution in [2.45, 2.75) is 76.4 Å². The lowest BCUT2D eigenvalue weighted by atomic mass is 10.1. The van der Waals surface area contributed by atoms with E-state index >= 15 is 0 Å². The summed E-state index contributed by atoms with van der Waals surface area (Å²) in [5, 5.41) is 3.82. The van der Waals surface area contributed by atoms with E-state index in [0.29, 0.717) is 27.7 Å². The molecular weight excluding hydrogens is 593 g/mol. The molecule has 224 valence electrons. The molecule has 0 spiro atoms. The van der Waals surface area contributed by atoms with Crippen molar-refractivity contribution in [3.63, 3.8) is 0 Å². The molecule has 1 unspecified atom stereocenters. The topological polar surface area (TPSA) is 86.8 Å². The van der Waals surface area contributed by atoms with E-state index in [1.807, 2.05) is 26.8 Å². The Morgan fingerprint density at radius 2 is 1.57 bits per heavy atom. The molecule has 0 aromatic heterocycles. The molecule has 1 aliphatic rings. The fourth-order valence-corrected chi connectivity index (χ4v) is 7.21.